The largest absolute Gasteiger partial charge is 0.409 e. The van der Waals surface area contributed by atoms with Crippen LogP contribution in [0.15, 0.2) is 29.4 Å². The van der Waals surface area contributed by atoms with Crippen molar-refractivity contribution >= 4 is 17.4 Å². The van der Waals surface area contributed by atoms with E-state index in [0.717, 1.165) is 11.3 Å². The number of hydrogen-bond donors (Lipinski definition) is 3. The molecular formula is C13H19N3O2. The summed E-state index contributed by atoms with van der Waals surface area (Å²) in [4.78, 5) is 11.7. The summed E-state index contributed by atoms with van der Waals surface area (Å²) in [6.45, 7) is 6.21. The molecule has 0 atom stereocenters. The second kappa shape index (κ2) is 5.53. The lowest BCUT2D eigenvalue weighted by Crippen LogP contribution is -2.24. The standard InChI is InChI=1S/C13H19N3O2/c1-13(2,3)9-6-4-5-7-10(9)15-12(17)8-11(14)16-18/h4-7,18H,8H2,1-3H3,(H2,14,16)(H,15,17). The fraction of sp³-hybridized carbons (Fsp3) is 0.385. The minimum absolute atomic E-state index is 0.0690. The Bertz CT molecular complexity index is 462. The lowest BCUT2D eigenvalue weighted by molar-refractivity contribution is -0.115. The smallest absolute Gasteiger partial charge is 0.232 e. The van der Waals surface area contributed by atoms with Crippen LogP contribution in [0.5, 0.6) is 0 Å². The van der Waals surface area contributed by atoms with E-state index in [1.54, 1.807) is 0 Å². The highest BCUT2D eigenvalue weighted by Crippen LogP contribution is 2.29. The maximum Gasteiger partial charge on any atom is 0.232 e. The zero-order chi connectivity index (χ0) is 13.8. The highest BCUT2D eigenvalue weighted by atomic mass is 16.4. The van der Waals surface area contributed by atoms with E-state index in [2.05, 4.69) is 31.2 Å². The van der Waals surface area contributed by atoms with Crippen molar-refractivity contribution in [3.63, 3.8) is 0 Å². The number of anilines is 1. The van der Waals surface area contributed by atoms with E-state index < -0.39 is 0 Å². The molecule has 0 aromatic heterocycles. The maximum absolute atomic E-state index is 11.7. The van der Waals surface area contributed by atoms with Crippen molar-refractivity contribution in [3.05, 3.63) is 29.8 Å². The third-order valence-electron chi connectivity index (χ3n) is 2.48. The molecule has 0 aliphatic heterocycles. The Kier molecular flexibility index (Phi) is 4.31. The van der Waals surface area contributed by atoms with Crippen LogP contribution in [0.25, 0.3) is 0 Å². The fourth-order valence-electron chi connectivity index (χ4n) is 1.64. The maximum atomic E-state index is 11.7. The predicted molar refractivity (Wildman–Crippen MR) is 71.8 cm³/mol. The first-order valence-electron chi connectivity index (χ1n) is 5.70. The minimum Gasteiger partial charge on any atom is -0.409 e. The molecule has 0 bridgehead atoms. The summed E-state index contributed by atoms with van der Waals surface area (Å²) in [5.74, 6) is -0.414. The quantitative estimate of drug-likeness (QED) is 0.331. The molecule has 0 saturated carbocycles. The summed E-state index contributed by atoms with van der Waals surface area (Å²) in [5.41, 5.74) is 7.01. The van der Waals surface area contributed by atoms with E-state index in [1.807, 2.05) is 24.3 Å². The molecule has 18 heavy (non-hydrogen) atoms. The number of nitrogens with two attached hydrogens (primary N) is 1. The van der Waals surface area contributed by atoms with Crippen LogP contribution in [-0.4, -0.2) is 17.0 Å². The molecule has 0 aliphatic carbocycles. The number of hydrogen-bond acceptors (Lipinski definition) is 3. The van der Waals surface area contributed by atoms with Crippen LogP contribution >= 0.6 is 0 Å². The number of carbonyl (C=O) groups is 1. The molecule has 5 nitrogen and oxygen atoms in total. The highest BCUT2D eigenvalue weighted by Gasteiger charge is 2.18. The molecule has 0 radical (unpaired) electrons. The van der Waals surface area contributed by atoms with Crippen molar-refractivity contribution in [2.24, 2.45) is 10.9 Å². The van der Waals surface area contributed by atoms with Gasteiger partial charge in [-0.1, -0.05) is 44.1 Å². The van der Waals surface area contributed by atoms with E-state index in [0.29, 0.717) is 0 Å². The summed E-state index contributed by atoms with van der Waals surface area (Å²) in [7, 11) is 0. The van der Waals surface area contributed by atoms with Gasteiger partial charge in [0, 0.05) is 5.69 Å². The molecule has 5 heteroatoms. The van der Waals surface area contributed by atoms with Gasteiger partial charge in [-0.2, -0.15) is 0 Å². The van der Waals surface area contributed by atoms with Gasteiger partial charge in [0.15, 0.2) is 0 Å². The second-order valence-corrected chi connectivity index (χ2v) is 5.11. The number of carbonyl (C=O) groups excluding carboxylic acids is 1. The number of nitrogens with zero attached hydrogens (tertiary/aromatic N) is 1. The Morgan fingerprint density at radius 3 is 2.56 bits per heavy atom. The van der Waals surface area contributed by atoms with Gasteiger partial charge in [0.05, 0.1) is 6.42 Å². The van der Waals surface area contributed by atoms with Gasteiger partial charge >= 0.3 is 0 Å². The van der Waals surface area contributed by atoms with E-state index >= 15 is 0 Å². The molecule has 0 heterocycles. The number of amides is 1. The molecule has 1 aromatic carbocycles. The molecule has 1 amide bonds. The van der Waals surface area contributed by atoms with Gasteiger partial charge in [0.1, 0.15) is 5.84 Å². The normalized spacial score (nSPS) is 12.3. The van der Waals surface area contributed by atoms with E-state index in [1.165, 1.54) is 0 Å². The van der Waals surface area contributed by atoms with Crippen LogP contribution in [0.3, 0.4) is 0 Å². The van der Waals surface area contributed by atoms with Crippen molar-refractivity contribution < 1.29 is 10.0 Å². The van der Waals surface area contributed by atoms with Crippen LogP contribution < -0.4 is 11.1 Å². The molecule has 0 aliphatic rings. The van der Waals surface area contributed by atoms with Gasteiger partial charge in [-0.25, -0.2) is 0 Å². The first-order chi connectivity index (χ1) is 8.34. The topological polar surface area (TPSA) is 87.7 Å². The average Bonchev–Trinajstić information content (AvgIpc) is 2.27. The third kappa shape index (κ3) is 3.76. The van der Waals surface area contributed by atoms with Crippen LogP contribution in [0.4, 0.5) is 5.69 Å². The Labute approximate surface area is 107 Å². The SMILES string of the molecule is CC(C)(C)c1ccccc1NC(=O)C/C(N)=N/O. The van der Waals surface area contributed by atoms with Gasteiger partial charge in [-0.3, -0.25) is 4.79 Å². The van der Waals surface area contributed by atoms with Gasteiger partial charge in [-0.05, 0) is 17.0 Å². The van der Waals surface area contributed by atoms with E-state index in [-0.39, 0.29) is 23.6 Å². The monoisotopic (exact) mass is 249 g/mol. The van der Waals surface area contributed by atoms with Gasteiger partial charge in [-0.15, -0.1) is 0 Å². The minimum atomic E-state index is -0.304. The summed E-state index contributed by atoms with van der Waals surface area (Å²) in [5, 5.41) is 14.0. The van der Waals surface area contributed by atoms with Crippen LogP contribution in [-0.2, 0) is 10.2 Å². The van der Waals surface area contributed by atoms with Gasteiger partial charge < -0.3 is 16.3 Å². The Hall–Kier alpha value is -2.04. The van der Waals surface area contributed by atoms with Crippen molar-refractivity contribution in [1.29, 1.82) is 0 Å². The second-order valence-electron chi connectivity index (χ2n) is 5.11. The van der Waals surface area contributed by atoms with Gasteiger partial charge in [0.25, 0.3) is 0 Å². The van der Waals surface area contributed by atoms with Crippen molar-refractivity contribution in [1.82, 2.24) is 0 Å². The highest BCUT2D eigenvalue weighted by molar-refractivity contribution is 6.05. The summed E-state index contributed by atoms with van der Waals surface area (Å²) < 4.78 is 0. The number of rotatable bonds is 3. The Balaban J connectivity index is 2.89. The van der Waals surface area contributed by atoms with Crippen molar-refractivity contribution in [2.45, 2.75) is 32.6 Å². The Morgan fingerprint density at radius 2 is 2.00 bits per heavy atom. The molecule has 4 N–H and O–H groups in total. The van der Waals surface area contributed by atoms with Crippen LogP contribution in [0.2, 0.25) is 0 Å². The number of amidine groups is 1. The number of para-hydroxylation sites is 1. The van der Waals surface area contributed by atoms with Crippen LogP contribution in [0, 0.1) is 0 Å². The lowest BCUT2D eigenvalue weighted by Gasteiger charge is -2.22. The molecular weight excluding hydrogens is 230 g/mol. The molecule has 0 saturated heterocycles. The van der Waals surface area contributed by atoms with E-state index in [4.69, 9.17) is 10.9 Å². The molecule has 0 unspecified atom stereocenters. The molecule has 0 spiro atoms. The summed E-state index contributed by atoms with van der Waals surface area (Å²) in [6.07, 6.45) is -0.130. The predicted octanol–water partition coefficient (Wildman–Crippen LogP) is 2.06. The zero-order valence-corrected chi connectivity index (χ0v) is 10.9. The third-order valence-corrected chi connectivity index (χ3v) is 2.48. The molecule has 0 fully saturated rings. The zero-order valence-electron chi connectivity index (χ0n) is 10.9. The molecule has 1 rings (SSSR count). The molecule has 1 aromatic rings. The summed E-state index contributed by atoms with van der Waals surface area (Å²) in [6, 6.07) is 7.60. The first-order valence-corrected chi connectivity index (χ1v) is 5.70. The Morgan fingerprint density at radius 1 is 1.39 bits per heavy atom. The first kappa shape index (κ1) is 14.0. The number of oxime groups is 1. The number of benzene rings is 1. The van der Waals surface area contributed by atoms with Gasteiger partial charge in [0.2, 0.25) is 5.91 Å². The average molecular weight is 249 g/mol. The lowest BCUT2D eigenvalue weighted by atomic mass is 9.86. The van der Waals surface area contributed by atoms with E-state index in [9.17, 15) is 4.79 Å². The van der Waals surface area contributed by atoms with Crippen LogP contribution in [0.1, 0.15) is 32.8 Å². The fourth-order valence-corrected chi connectivity index (χ4v) is 1.64. The number of nitrogens with one attached hydrogen (secondary N) is 1. The summed E-state index contributed by atoms with van der Waals surface area (Å²) >= 11 is 0. The molecule has 98 valence electrons. The van der Waals surface area contributed by atoms with Crippen molar-refractivity contribution in [3.8, 4) is 0 Å². The van der Waals surface area contributed by atoms with Crippen molar-refractivity contribution in [2.75, 3.05) is 5.32 Å².